The second kappa shape index (κ2) is 4.63. The predicted octanol–water partition coefficient (Wildman–Crippen LogP) is 2.99. The van der Waals surface area contributed by atoms with Crippen molar-refractivity contribution in [3.8, 4) is 0 Å². The molecule has 1 atom stereocenters. The molecule has 0 bridgehead atoms. The first kappa shape index (κ1) is 12.9. The Kier molecular flexibility index (Phi) is 3.33. The van der Waals surface area contributed by atoms with Crippen LogP contribution in [0.1, 0.15) is 39.4 Å². The van der Waals surface area contributed by atoms with Gasteiger partial charge in [-0.2, -0.15) is 0 Å². The highest BCUT2D eigenvalue weighted by Crippen LogP contribution is 2.25. The minimum atomic E-state index is 0.0505. The molecule has 0 unspecified atom stereocenters. The van der Waals surface area contributed by atoms with Crippen LogP contribution in [-0.4, -0.2) is 21.9 Å². The van der Waals surface area contributed by atoms with Gasteiger partial charge in [0, 0.05) is 25.0 Å². The summed E-state index contributed by atoms with van der Waals surface area (Å²) >= 11 is 0. The normalized spacial score (nSPS) is 20.2. The zero-order valence-corrected chi connectivity index (χ0v) is 11.7. The number of carbonyl (C=O) groups is 1. The smallest absolute Gasteiger partial charge is 0.246 e. The average Bonchev–Trinajstić information content (AvgIpc) is 2.74. The van der Waals surface area contributed by atoms with E-state index >= 15 is 0 Å². The first-order valence-electron chi connectivity index (χ1n) is 6.53. The minimum absolute atomic E-state index is 0.0505. The number of aromatic nitrogens is 1. The molecule has 0 spiro atoms. The molecule has 98 valence electrons. The summed E-state index contributed by atoms with van der Waals surface area (Å²) in [4.78, 5) is 14.2. The molecule has 0 fully saturated rings. The van der Waals surface area contributed by atoms with Gasteiger partial charge in [-0.25, -0.2) is 0 Å². The fraction of sp³-hybridized carbons (Fsp3) is 0.533. The lowest BCUT2D eigenvalue weighted by atomic mass is 9.96. The van der Waals surface area contributed by atoms with Crippen molar-refractivity contribution in [2.24, 2.45) is 5.41 Å². The second-order valence-corrected chi connectivity index (χ2v) is 6.03. The van der Waals surface area contributed by atoms with E-state index in [-0.39, 0.29) is 17.4 Å². The Morgan fingerprint density at radius 1 is 1.39 bits per heavy atom. The van der Waals surface area contributed by atoms with Gasteiger partial charge in [0.05, 0.1) is 6.04 Å². The molecule has 0 N–H and O–H groups in total. The first-order chi connectivity index (χ1) is 8.38. The summed E-state index contributed by atoms with van der Waals surface area (Å²) in [5, 5.41) is 0. The topological polar surface area (TPSA) is 25.2 Å². The van der Waals surface area contributed by atoms with Crippen molar-refractivity contribution in [1.29, 1.82) is 0 Å². The number of rotatable bonds is 1. The monoisotopic (exact) mass is 246 g/mol. The molecule has 0 aromatic carbocycles. The third-order valence-corrected chi connectivity index (χ3v) is 3.35. The van der Waals surface area contributed by atoms with Crippen molar-refractivity contribution in [3.05, 3.63) is 36.2 Å². The molecule has 3 heteroatoms. The van der Waals surface area contributed by atoms with Gasteiger partial charge in [-0.1, -0.05) is 26.8 Å². The molecule has 0 saturated carbocycles. The molecule has 0 aliphatic carbocycles. The van der Waals surface area contributed by atoms with E-state index < -0.39 is 0 Å². The van der Waals surface area contributed by atoms with Crippen molar-refractivity contribution in [1.82, 2.24) is 9.47 Å². The van der Waals surface area contributed by atoms with Crippen LogP contribution < -0.4 is 0 Å². The van der Waals surface area contributed by atoms with Crippen LogP contribution in [0, 0.1) is 5.41 Å². The van der Waals surface area contributed by atoms with Crippen LogP contribution in [-0.2, 0) is 11.3 Å². The van der Waals surface area contributed by atoms with Crippen molar-refractivity contribution in [2.45, 2.75) is 40.3 Å². The summed E-state index contributed by atoms with van der Waals surface area (Å²) in [7, 11) is 0. The molecule has 1 aromatic rings. The molecule has 2 rings (SSSR count). The summed E-state index contributed by atoms with van der Waals surface area (Å²) in [6.07, 6.45) is 5.78. The van der Waals surface area contributed by atoms with Gasteiger partial charge in [-0.3, -0.25) is 4.79 Å². The SMILES string of the molecule is C[C@H]1c2cccn2CCN1C(=O)/C=C/C(C)(C)C. The van der Waals surface area contributed by atoms with Gasteiger partial charge >= 0.3 is 0 Å². The molecular weight excluding hydrogens is 224 g/mol. The number of nitrogens with zero attached hydrogens (tertiary/aromatic N) is 2. The van der Waals surface area contributed by atoms with Crippen LogP contribution in [0.2, 0.25) is 0 Å². The molecule has 0 radical (unpaired) electrons. The van der Waals surface area contributed by atoms with Crippen LogP contribution in [0.3, 0.4) is 0 Å². The molecule has 2 heterocycles. The molecule has 1 aromatic heterocycles. The number of amides is 1. The molecule has 0 saturated heterocycles. The lowest BCUT2D eigenvalue weighted by molar-refractivity contribution is -0.129. The highest BCUT2D eigenvalue weighted by atomic mass is 16.2. The lowest BCUT2D eigenvalue weighted by Crippen LogP contribution is -2.39. The average molecular weight is 246 g/mol. The minimum Gasteiger partial charge on any atom is -0.348 e. The highest BCUT2D eigenvalue weighted by molar-refractivity contribution is 5.88. The van der Waals surface area contributed by atoms with E-state index in [9.17, 15) is 4.79 Å². The van der Waals surface area contributed by atoms with Crippen molar-refractivity contribution in [2.75, 3.05) is 6.54 Å². The van der Waals surface area contributed by atoms with E-state index in [1.54, 1.807) is 6.08 Å². The highest BCUT2D eigenvalue weighted by Gasteiger charge is 2.26. The van der Waals surface area contributed by atoms with E-state index in [4.69, 9.17) is 0 Å². The van der Waals surface area contributed by atoms with E-state index in [1.165, 1.54) is 5.69 Å². The number of hydrogen-bond acceptors (Lipinski definition) is 1. The fourth-order valence-electron chi connectivity index (χ4n) is 2.30. The van der Waals surface area contributed by atoms with Gasteiger partial charge in [-0.15, -0.1) is 0 Å². The zero-order valence-electron chi connectivity index (χ0n) is 11.7. The Balaban J connectivity index is 2.12. The maximum absolute atomic E-state index is 12.2. The van der Waals surface area contributed by atoms with Crippen LogP contribution in [0.15, 0.2) is 30.5 Å². The van der Waals surface area contributed by atoms with Gasteiger partial charge < -0.3 is 9.47 Å². The Bertz CT molecular complexity index is 465. The number of carbonyl (C=O) groups excluding carboxylic acids is 1. The van der Waals surface area contributed by atoms with Gasteiger partial charge in [0.2, 0.25) is 5.91 Å². The number of allylic oxidation sites excluding steroid dienone is 1. The van der Waals surface area contributed by atoms with Gasteiger partial charge in [0.1, 0.15) is 0 Å². The van der Waals surface area contributed by atoms with E-state index in [0.717, 1.165) is 13.1 Å². The van der Waals surface area contributed by atoms with Crippen LogP contribution in [0.4, 0.5) is 0 Å². The van der Waals surface area contributed by atoms with Crippen LogP contribution in [0.5, 0.6) is 0 Å². The Morgan fingerprint density at radius 2 is 2.11 bits per heavy atom. The van der Waals surface area contributed by atoms with Crippen molar-refractivity contribution >= 4 is 5.91 Å². The Hall–Kier alpha value is -1.51. The van der Waals surface area contributed by atoms with Gasteiger partial charge in [-0.05, 0) is 30.5 Å². The third kappa shape index (κ3) is 2.66. The van der Waals surface area contributed by atoms with Crippen molar-refractivity contribution < 1.29 is 4.79 Å². The maximum atomic E-state index is 12.2. The summed E-state index contributed by atoms with van der Waals surface area (Å²) in [6, 6.07) is 4.30. The van der Waals surface area contributed by atoms with E-state index in [2.05, 4.69) is 44.5 Å². The molecule has 1 aliphatic heterocycles. The zero-order chi connectivity index (χ0) is 13.3. The molecular formula is C15H22N2O. The summed E-state index contributed by atoms with van der Waals surface area (Å²) in [5.41, 5.74) is 1.27. The fourth-order valence-corrected chi connectivity index (χ4v) is 2.30. The maximum Gasteiger partial charge on any atom is 0.246 e. The second-order valence-electron chi connectivity index (χ2n) is 6.03. The molecule has 18 heavy (non-hydrogen) atoms. The van der Waals surface area contributed by atoms with Crippen LogP contribution >= 0.6 is 0 Å². The Morgan fingerprint density at radius 3 is 2.78 bits per heavy atom. The van der Waals surface area contributed by atoms with E-state index in [0.29, 0.717) is 0 Å². The number of fused-ring (bicyclic) bond motifs is 1. The third-order valence-electron chi connectivity index (χ3n) is 3.35. The summed E-state index contributed by atoms with van der Waals surface area (Å²) in [6.45, 7) is 10.1. The van der Waals surface area contributed by atoms with E-state index in [1.807, 2.05) is 17.0 Å². The summed E-state index contributed by atoms with van der Waals surface area (Å²) in [5.74, 6) is 0.116. The van der Waals surface area contributed by atoms with Gasteiger partial charge in [0.25, 0.3) is 0 Å². The molecule has 1 amide bonds. The summed E-state index contributed by atoms with van der Waals surface area (Å²) < 4.78 is 2.22. The van der Waals surface area contributed by atoms with Crippen molar-refractivity contribution in [3.63, 3.8) is 0 Å². The molecule has 1 aliphatic rings. The standard InChI is InChI=1S/C15H22N2O/c1-12-13-6-5-9-16(13)10-11-17(12)14(18)7-8-15(2,3)4/h5-9,12H,10-11H2,1-4H3/b8-7+/t12-/m0/s1. The van der Waals surface area contributed by atoms with Crippen LogP contribution in [0.25, 0.3) is 0 Å². The Labute approximate surface area is 109 Å². The lowest BCUT2D eigenvalue weighted by Gasteiger charge is -2.34. The first-order valence-corrected chi connectivity index (χ1v) is 6.53. The van der Waals surface area contributed by atoms with Gasteiger partial charge in [0.15, 0.2) is 0 Å². The predicted molar refractivity (Wildman–Crippen MR) is 73.2 cm³/mol. The largest absolute Gasteiger partial charge is 0.348 e. The number of hydrogen-bond donors (Lipinski definition) is 0. The quantitative estimate of drug-likeness (QED) is 0.699. The molecule has 3 nitrogen and oxygen atoms in total.